The van der Waals surface area contributed by atoms with E-state index in [1.54, 1.807) is 10.6 Å². The predicted octanol–water partition coefficient (Wildman–Crippen LogP) is 2.04. The van der Waals surface area contributed by atoms with Crippen molar-refractivity contribution < 1.29 is 4.79 Å². The minimum Gasteiger partial charge on any atom is -0.369 e. The second kappa shape index (κ2) is 6.74. The standard InChI is InChI=1S/C19H22N6O/c1-13(2)17-11-15(23-19-21-12-22-25(17)19)18(26)20-8-10-24-9-7-14-5-3-4-6-16(14)24/h3-6,11-13H,7-10H2,1-2H3,(H,20,26). The van der Waals surface area contributed by atoms with Crippen LogP contribution in [0, 0.1) is 0 Å². The van der Waals surface area contributed by atoms with E-state index >= 15 is 0 Å². The summed E-state index contributed by atoms with van der Waals surface area (Å²) in [5.74, 6) is 0.495. The van der Waals surface area contributed by atoms with Crippen LogP contribution in [0.1, 0.15) is 41.5 Å². The smallest absolute Gasteiger partial charge is 0.270 e. The second-order valence-corrected chi connectivity index (χ2v) is 6.81. The lowest BCUT2D eigenvalue weighted by Gasteiger charge is -2.19. The predicted molar refractivity (Wildman–Crippen MR) is 99.6 cm³/mol. The molecular formula is C19H22N6O. The Morgan fingerprint density at radius 2 is 2.15 bits per heavy atom. The van der Waals surface area contributed by atoms with E-state index in [2.05, 4.69) is 63.4 Å². The number of carbonyl (C=O) groups excluding carboxylic acids is 1. The molecule has 0 bridgehead atoms. The maximum absolute atomic E-state index is 12.6. The molecule has 0 fully saturated rings. The molecule has 3 heterocycles. The summed E-state index contributed by atoms with van der Waals surface area (Å²) < 4.78 is 1.68. The van der Waals surface area contributed by atoms with Crippen LogP contribution in [-0.4, -0.2) is 45.1 Å². The van der Waals surface area contributed by atoms with Gasteiger partial charge in [-0.1, -0.05) is 32.0 Å². The third kappa shape index (κ3) is 3.00. The van der Waals surface area contributed by atoms with Crippen molar-refractivity contribution in [2.45, 2.75) is 26.2 Å². The Morgan fingerprint density at radius 3 is 3.00 bits per heavy atom. The fraction of sp³-hybridized carbons (Fsp3) is 0.368. The summed E-state index contributed by atoms with van der Waals surface area (Å²) >= 11 is 0. The van der Waals surface area contributed by atoms with Crippen LogP contribution in [0.3, 0.4) is 0 Å². The second-order valence-electron chi connectivity index (χ2n) is 6.81. The van der Waals surface area contributed by atoms with E-state index in [1.165, 1.54) is 17.6 Å². The van der Waals surface area contributed by atoms with E-state index in [0.29, 0.717) is 18.0 Å². The Balaban J connectivity index is 1.43. The highest BCUT2D eigenvalue weighted by molar-refractivity contribution is 5.92. The summed E-state index contributed by atoms with van der Waals surface area (Å²) in [6.45, 7) is 6.47. The molecule has 0 saturated heterocycles. The van der Waals surface area contributed by atoms with E-state index in [9.17, 15) is 4.79 Å². The Morgan fingerprint density at radius 1 is 1.31 bits per heavy atom. The van der Waals surface area contributed by atoms with Crippen molar-refractivity contribution in [3.05, 3.63) is 53.6 Å². The molecule has 1 aliphatic heterocycles. The number of benzene rings is 1. The number of nitrogens with zero attached hydrogens (tertiary/aromatic N) is 5. The van der Waals surface area contributed by atoms with Crippen molar-refractivity contribution in [1.82, 2.24) is 24.9 Å². The Bertz CT molecular complexity index is 948. The lowest BCUT2D eigenvalue weighted by Crippen LogP contribution is -2.34. The summed E-state index contributed by atoms with van der Waals surface area (Å²) in [5.41, 5.74) is 3.95. The number of para-hydroxylation sites is 1. The molecule has 134 valence electrons. The van der Waals surface area contributed by atoms with Crippen molar-refractivity contribution in [2.24, 2.45) is 0 Å². The molecule has 4 rings (SSSR count). The normalized spacial score (nSPS) is 13.4. The molecule has 0 radical (unpaired) electrons. The van der Waals surface area contributed by atoms with Crippen LogP contribution >= 0.6 is 0 Å². The molecule has 0 atom stereocenters. The van der Waals surface area contributed by atoms with Gasteiger partial charge in [0.2, 0.25) is 0 Å². The van der Waals surface area contributed by atoms with Crippen LogP contribution in [0.2, 0.25) is 0 Å². The number of rotatable bonds is 5. The number of carbonyl (C=O) groups is 1. The molecule has 0 saturated carbocycles. The first kappa shape index (κ1) is 16.5. The van der Waals surface area contributed by atoms with Gasteiger partial charge in [-0.25, -0.2) is 9.50 Å². The van der Waals surface area contributed by atoms with E-state index in [0.717, 1.165) is 25.2 Å². The Labute approximate surface area is 152 Å². The zero-order chi connectivity index (χ0) is 18.1. The van der Waals surface area contributed by atoms with Gasteiger partial charge >= 0.3 is 0 Å². The van der Waals surface area contributed by atoms with Crippen LogP contribution in [0.25, 0.3) is 5.78 Å². The average molecular weight is 350 g/mol. The van der Waals surface area contributed by atoms with Crippen molar-refractivity contribution in [2.75, 3.05) is 24.5 Å². The molecule has 1 aromatic carbocycles. The third-order valence-corrected chi connectivity index (χ3v) is 4.75. The summed E-state index contributed by atoms with van der Waals surface area (Å²) in [4.78, 5) is 23.3. The molecule has 1 aliphatic rings. The first-order chi connectivity index (χ1) is 12.6. The lowest BCUT2D eigenvalue weighted by atomic mass is 10.1. The molecule has 2 aromatic heterocycles. The van der Waals surface area contributed by atoms with Crippen molar-refractivity contribution in [3.8, 4) is 0 Å². The van der Waals surface area contributed by atoms with Crippen molar-refractivity contribution in [1.29, 1.82) is 0 Å². The number of amides is 1. The molecule has 1 N–H and O–H groups in total. The Kier molecular flexibility index (Phi) is 4.28. The van der Waals surface area contributed by atoms with Gasteiger partial charge < -0.3 is 10.2 Å². The molecule has 1 amide bonds. The Hall–Kier alpha value is -2.96. The van der Waals surface area contributed by atoms with Crippen LogP contribution < -0.4 is 10.2 Å². The average Bonchev–Trinajstić information content (AvgIpc) is 3.27. The molecule has 0 spiro atoms. The van der Waals surface area contributed by atoms with Gasteiger partial charge in [-0.2, -0.15) is 10.1 Å². The zero-order valence-electron chi connectivity index (χ0n) is 15.0. The van der Waals surface area contributed by atoms with E-state index in [-0.39, 0.29) is 11.8 Å². The van der Waals surface area contributed by atoms with Crippen molar-refractivity contribution >= 4 is 17.4 Å². The number of anilines is 1. The van der Waals surface area contributed by atoms with Gasteiger partial charge in [0.1, 0.15) is 12.0 Å². The van der Waals surface area contributed by atoms with E-state index < -0.39 is 0 Å². The maximum atomic E-state index is 12.6. The molecule has 0 unspecified atom stereocenters. The number of hydrogen-bond acceptors (Lipinski definition) is 5. The van der Waals surface area contributed by atoms with E-state index in [1.807, 2.05) is 0 Å². The largest absolute Gasteiger partial charge is 0.369 e. The highest BCUT2D eigenvalue weighted by atomic mass is 16.1. The monoisotopic (exact) mass is 350 g/mol. The molecule has 26 heavy (non-hydrogen) atoms. The van der Waals surface area contributed by atoms with Crippen molar-refractivity contribution in [3.63, 3.8) is 0 Å². The highest BCUT2D eigenvalue weighted by Crippen LogP contribution is 2.26. The summed E-state index contributed by atoms with van der Waals surface area (Å²) in [6, 6.07) is 10.2. The van der Waals surface area contributed by atoms with Gasteiger partial charge in [-0.05, 0) is 30.0 Å². The minimum atomic E-state index is -0.176. The number of aromatic nitrogens is 4. The lowest BCUT2D eigenvalue weighted by molar-refractivity contribution is 0.0949. The number of hydrogen-bond donors (Lipinski definition) is 1. The molecule has 0 aliphatic carbocycles. The summed E-state index contributed by atoms with van der Waals surface area (Å²) in [6.07, 6.45) is 2.52. The highest BCUT2D eigenvalue weighted by Gasteiger charge is 2.19. The molecular weight excluding hydrogens is 328 g/mol. The summed E-state index contributed by atoms with van der Waals surface area (Å²) in [5, 5.41) is 7.16. The zero-order valence-corrected chi connectivity index (χ0v) is 15.0. The quantitative estimate of drug-likeness (QED) is 0.762. The van der Waals surface area contributed by atoms with Crippen LogP contribution in [0.5, 0.6) is 0 Å². The SMILES string of the molecule is CC(C)c1cc(C(=O)NCCN2CCc3ccccc32)nc2ncnn12. The minimum absolute atomic E-state index is 0.176. The maximum Gasteiger partial charge on any atom is 0.270 e. The van der Waals surface area contributed by atoms with Crippen LogP contribution in [0.15, 0.2) is 36.7 Å². The summed E-state index contributed by atoms with van der Waals surface area (Å²) in [7, 11) is 0. The van der Waals surface area contributed by atoms with Gasteiger partial charge in [0.05, 0.1) is 5.69 Å². The molecule has 7 heteroatoms. The molecule has 3 aromatic rings. The van der Waals surface area contributed by atoms with Crippen LogP contribution in [0.4, 0.5) is 5.69 Å². The van der Waals surface area contributed by atoms with Gasteiger partial charge in [-0.3, -0.25) is 4.79 Å². The fourth-order valence-electron chi connectivity index (χ4n) is 3.40. The van der Waals surface area contributed by atoms with Crippen LogP contribution in [-0.2, 0) is 6.42 Å². The molecule has 7 nitrogen and oxygen atoms in total. The third-order valence-electron chi connectivity index (χ3n) is 4.75. The number of nitrogens with one attached hydrogen (secondary N) is 1. The number of fused-ring (bicyclic) bond motifs is 2. The fourth-order valence-corrected chi connectivity index (χ4v) is 3.40. The topological polar surface area (TPSA) is 75.4 Å². The van der Waals surface area contributed by atoms with Gasteiger partial charge in [0.15, 0.2) is 0 Å². The van der Waals surface area contributed by atoms with Gasteiger partial charge in [-0.15, -0.1) is 0 Å². The van der Waals surface area contributed by atoms with Gasteiger partial charge in [0, 0.05) is 25.3 Å². The van der Waals surface area contributed by atoms with Gasteiger partial charge in [0.25, 0.3) is 11.7 Å². The first-order valence-electron chi connectivity index (χ1n) is 8.95. The van der Waals surface area contributed by atoms with E-state index in [4.69, 9.17) is 0 Å². The first-order valence-corrected chi connectivity index (χ1v) is 8.95.